The van der Waals surface area contributed by atoms with Crippen LogP contribution in [0.3, 0.4) is 0 Å². The third kappa shape index (κ3) is 4.30. The van der Waals surface area contributed by atoms with Gasteiger partial charge in [0.05, 0.1) is 13.2 Å². The predicted octanol–water partition coefficient (Wildman–Crippen LogP) is 1.98. The summed E-state index contributed by atoms with van der Waals surface area (Å²) in [5, 5.41) is 6.45. The SMILES string of the molecule is Cc1noc(CCNC(=O)N2CCO[C@@H](c3ccc(F)c(F)c3)C2)n1. The Hall–Kier alpha value is -2.55. The van der Waals surface area contributed by atoms with Crippen molar-refractivity contribution in [1.29, 1.82) is 0 Å². The number of aryl methyl sites for hydroxylation is 1. The van der Waals surface area contributed by atoms with Crippen LogP contribution in [0.4, 0.5) is 13.6 Å². The number of aromatic nitrogens is 2. The Morgan fingerprint density at radius 2 is 2.24 bits per heavy atom. The molecule has 1 aromatic heterocycles. The molecule has 1 fully saturated rings. The van der Waals surface area contributed by atoms with E-state index >= 15 is 0 Å². The van der Waals surface area contributed by atoms with Gasteiger partial charge < -0.3 is 19.5 Å². The lowest BCUT2D eigenvalue weighted by Crippen LogP contribution is -2.47. The van der Waals surface area contributed by atoms with Crippen LogP contribution in [0.5, 0.6) is 0 Å². The summed E-state index contributed by atoms with van der Waals surface area (Å²) < 4.78 is 37.0. The van der Waals surface area contributed by atoms with Crippen LogP contribution in [0, 0.1) is 18.6 Å². The largest absolute Gasteiger partial charge is 0.370 e. The lowest BCUT2D eigenvalue weighted by atomic mass is 10.1. The van der Waals surface area contributed by atoms with Crippen molar-refractivity contribution in [3.05, 3.63) is 47.1 Å². The van der Waals surface area contributed by atoms with Gasteiger partial charge in [-0.05, 0) is 24.6 Å². The topological polar surface area (TPSA) is 80.5 Å². The van der Waals surface area contributed by atoms with E-state index in [1.54, 1.807) is 11.8 Å². The highest BCUT2D eigenvalue weighted by molar-refractivity contribution is 5.74. The average Bonchev–Trinajstić information content (AvgIpc) is 3.02. The van der Waals surface area contributed by atoms with Gasteiger partial charge in [-0.2, -0.15) is 4.98 Å². The number of carbonyl (C=O) groups excluding carboxylic acids is 1. The molecule has 1 saturated heterocycles. The first-order valence-corrected chi connectivity index (χ1v) is 7.91. The Labute approximate surface area is 143 Å². The summed E-state index contributed by atoms with van der Waals surface area (Å²) >= 11 is 0. The fourth-order valence-electron chi connectivity index (χ4n) is 2.58. The molecular weight excluding hydrogens is 334 g/mol. The number of hydrogen-bond acceptors (Lipinski definition) is 5. The first-order chi connectivity index (χ1) is 12.0. The maximum Gasteiger partial charge on any atom is 0.317 e. The number of amides is 2. The van der Waals surface area contributed by atoms with Crippen molar-refractivity contribution in [2.75, 3.05) is 26.2 Å². The van der Waals surface area contributed by atoms with Crippen molar-refractivity contribution in [3.63, 3.8) is 0 Å². The number of nitrogens with one attached hydrogen (secondary N) is 1. The lowest BCUT2D eigenvalue weighted by Gasteiger charge is -2.33. The molecule has 0 aliphatic carbocycles. The van der Waals surface area contributed by atoms with E-state index < -0.39 is 17.7 Å². The van der Waals surface area contributed by atoms with Gasteiger partial charge in [0.1, 0.15) is 6.10 Å². The highest BCUT2D eigenvalue weighted by Gasteiger charge is 2.26. The summed E-state index contributed by atoms with van der Waals surface area (Å²) in [6, 6.07) is 3.35. The Morgan fingerprint density at radius 3 is 2.96 bits per heavy atom. The summed E-state index contributed by atoms with van der Waals surface area (Å²) in [7, 11) is 0. The van der Waals surface area contributed by atoms with Gasteiger partial charge in [-0.1, -0.05) is 11.2 Å². The van der Waals surface area contributed by atoms with Gasteiger partial charge >= 0.3 is 6.03 Å². The molecule has 134 valence electrons. The second kappa shape index (κ2) is 7.56. The van der Waals surface area contributed by atoms with E-state index in [1.165, 1.54) is 6.07 Å². The number of rotatable bonds is 4. The first-order valence-electron chi connectivity index (χ1n) is 7.91. The van der Waals surface area contributed by atoms with E-state index in [9.17, 15) is 13.6 Å². The molecule has 3 rings (SSSR count). The Bertz CT molecular complexity index is 753. The Morgan fingerprint density at radius 1 is 1.40 bits per heavy atom. The summed E-state index contributed by atoms with van der Waals surface area (Å²) in [6.45, 7) is 3.08. The number of morpholine rings is 1. The molecule has 1 aliphatic rings. The van der Waals surface area contributed by atoms with Crippen molar-refractivity contribution >= 4 is 6.03 Å². The second-order valence-electron chi connectivity index (χ2n) is 5.70. The smallest absolute Gasteiger partial charge is 0.317 e. The number of urea groups is 1. The van der Waals surface area contributed by atoms with Crippen molar-refractivity contribution in [2.45, 2.75) is 19.4 Å². The van der Waals surface area contributed by atoms with Crippen molar-refractivity contribution in [1.82, 2.24) is 20.4 Å². The van der Waals surface area contributed by atoms with Gasteiger partial charge in [-0.3, -0.25) is 0 Å². The molecule has 9 heteroatoms. The fourth-order valence-corrected chi connectivity index (χ4v) is 2.58. The predicted molar refractivity (Wildman–Crippen MR) is 82.8 cm³/mol. The van der Waals surface area contributed by atoms with Gasteiger partial charge in [-0.25, -0.2) is 13.6 Å². The van der Waals surface area contributed by atoms with Crippen LogP contribution in [0.25, 0.3) is 0 Å². The molecular formula is C16H18F2N4O3. The van der Waals surface area contributed by atoms with Gasteiger partial charge in [-0.15, -0.1) is 0 Å². The molecule has 2 aromatic rings. The molecule has 0 saturated carbocycles. The zero-order valence-corrected chi connectivity index (χ0v) is 13.7. The first kappa shape index (κ1) is 17.3. The van der Waals surface area contributed by atoms with Gasteiger partial charge in [0.25, 0.3) is 0 Å². The van der Waals surface area contributed by atoms with Crippen molar-refractivity contribution < 1.29 is 22.8 Å². The molecule has 1 aromatic carbocycles. The molecule has 2 amide bonds. The number of nitrogens with zero attached hydrogens (tertiary/aromatic N) is 3. The van der Waals surface area contributed by atoms with Crippen LogP contribution in [0.1, 0.15) is 23.4 Å². The molecule has 1 N–H and O–H groups in total. The highest BCUT2D eigenvalue weighted by Crippen LogP contribution is 2.23. The summed E-state index contributed by atoms with van der Waals surface area (Å²) in [5.41, 5.74) is 0.498. The minimum atomic E-state index is -0.933. The van der Waals surface area contributed by atoms with Gasteiger partial charge in [0.15, 0.2) is 17.5 Å². The fraction of sp³-hybridized carbons (Fsp3) is 0.438. The van der Waals surface area contributed by atoms with E-state index in [0.717, 1.165) is 12.1 Å². The maximum absolute atomic E-state index is 13.4. The van der Waals surface area contributed by atoms with Crippen LogP contribution in [-0.2, 0) is 11.2 Å². The van der Waals surface area contributed by atoms with Crippen molar-refractivity contribution in [3.8, 4) is 0 Å². The number of hydrogen-bond donors (Lipinski definition) is 1. The monoisotopic (exact) mass is 352 g/mol. The molecule has 0 unspecified atom stereocenters. The number of benzene rings is 1. The van der Waals surface area contributed by atoms with Crippen LogP contribution in [0.15, 0.2) is 22.7 Å². The quantitative estimate of drug-likeness (QED) is 0.910. The molecule has 0 bridgehead atoms. The van der Waals surface area contributed by atoms with Crippen LogP contribution >= 0.6 is 0 Å². The zero-order chi connectivity index (χ0) is 17.8. The molecule has 0 spiro atoms. The zero-order valence-electron chi connectivity index (χ0n) is 13.7. The van der Waals surface area contributed by atoms with E-state index in [2.05, 4.69) is 15.5 Å². The second-order valence-corrected chi connectivity index (χ2v) is 5.70. The van der Waals surface area contributed by atoms with E-state index in [4.69, 9.17) is 9.26 Å². The molecule has 0 radical (unpaired) electrons. The number of halogens is 2. The molecule has 1 atom stereocenters. The Balaban J connectivity index is 1.53. The van der Waals surface area contributed by atoms with Gasteiger partial charge in [0.2, 0.25) is 5.89 Å². The summed E-state index contributed by atoms with van der Waals surface area (Å²) in [6.07, 6.45) is -0.0584. The van der Waals surface area contributed by atoms with Crippen LogP contribution in [-0.4, -0.2) is 47.3 Å². The van der Waals surface area contributed by atoms with E-state index in [1.807, 2.05) is 0 Å². The minimum absolute atomic E-state index is 0.257. The molecule has 1 aliphatic heterocycles. The minimum Gasteiger partial charge on any atom is -0.370 e. The van der Waals surface area contributed by atoms with Gasteiger partial charge in [0, 0.05) is 19.5 Å². The average molecular weight is 352 g/mol. The van der Waals surface area contributed by atoms with Crippen molar-refractivity contribution in [2.24, 2.45) is 0 Å². The summed E-state index contributed by atoms with van der Waals surface area (Å²) in [4.78, 5) is 17.9. The molecule has 7 nitrogen and oxygen atoms in total. The lowest BCUT2D eigenvalue weighted by molar-refractivity contribution is -0.0155. The third-order valence-electron chi connectivity index (χ3n) is 3.85. The standard InChI is InChI=1S/C16H18F2N4O3/c1-10-20-15(25-21-10)4-5-19-16(23)22-6-7-24-14(9-22)11-2-3-12(17)13(18)8-11/h2-3,8,14H,4-7,9H2,1H3,(H,19,23)/t14-/m1/s1. The maximum atomic E-state index is 13.4. The highest BCUT2D eigenvalue weighted by atomic mass is 19.2. The van der Waals surface area contributed by atoms with Crippen LogP contribution < -0.4 is 5.32 Å². The Kier molecular flexibility index (Phi) is 5.22. The number of ether oxygens (including phenoxy) is 1. The normalized spacial score (nSPS) is 17.6. The van der Waals surface area contributed by atoms with Crippen LogP contribution in [0.2, 0.25) is 0 Å². The number of carbonyl (C=O) groups is 1. The molecule has 25 heavy (non-hydrogen) atoms. The van der Waals surface area contributed by atoms with E-state index in [0.29, 0.717) is 43.4 Å². The van der Waals surface area contributed by atoms with E-state index in [-0.39, 0.29) is 12.6 Å². The molecule has 2 heterocycles. The third-order valence-corrected chi connectivity index (χ3v) is 3.85. The summed E-state index contributed by atoms with van der Waals surface area (Å²) in [5.74, 6) is -0.841.